The van der Waals surface area contributed by atoms with Crippen molar-refractivity contribution in [3.8, 4) is 0 Å². The van der Waals surface area contributed by atoms with Gasteiger partial charge in [0, 0.05) is 11.8 Å². The maximum atomic E-state index is 14.0. The fourth-order valence-electron chi connectivity index (χ4n) is 11.8. The summed E-state index contributed by atoms with van der Waals surface area (Å²) in [5.74, 6) is 1.47. The summed E-state index contributed by atoms with van der Waals surface area (Å²) >= 11 is 0. The number of Topliss-reactive ketones (excluding diaryl/α,β-unsaturated/α-hetero) is 1. The van der Waals surface area contributed by atoms with Crippen molar-refractivity contribution < 1.29 is 31.3 Å². The molecule has 2 bridgehead atoms. The molecule has 6 atom stereocenters. The van der Waals surface area contributed by atoms with Gasteiger partial charge in [-0.1, -0.05) is 74.9 Å². The maximum absolute atomic E-state index is 14.0. The molecule has 0 heterocycles. The first-order chi connectivity index (χ1) is 23.2. The van der Waals surface area contributed by atoms with Crippen molar-refractivity contribution in [2.45, 2.75) is 104 Å². The standard InChI is InChI=1S/C44H56O3P.BrH/c1-41-28-24-38-42(2)26-17-27-43(3,37(42)25-29-44(38,33-41)32-39(41)45)40(46)47-30-15-4-5-16-31-48(34-18-9-6-10-19-34,35-20-11-7-12-21-35)36-22-13-8-14-23-36;/h6-14,18-23,37-38H,4-5,15-17,24-33H2,1-3H3;1H/q+1;/p-1/t37-,38-,41-,42+,43+,44-;/m0./s1. The summed E-state index contributed by atoms with van der Waals surface area (Å²) in [5.41, 5.74) is -0.200. The number of unbranched alkanes of at least 4 members (excludes halogenated alkanes) is 3. The normalized spacial score (nSPS) is 32.0. The first-order valence-electron chi connectivity index (χ1n) is 18.9. The quantitative estimate of drug-likeness (QED) is 0.129. The lowest BCUT2D eigenvalue weighted by Gasteiger charge is -2.63. The predicted molar refractivity (Wildman–Crippen MR) is 200 cm³/mol. The van der Waals surface area contributed by atoms with Crippen molar-refractivity contribution in [2.24, 2.45) is 33.5 Å². The van der Waals surface area contributed by atoms with E-state index in [-0.39, 0.29) is 39.2 Å². The lowest BCUT2D eigenvalue weighted by molar-refractivity contribution is -0.188. The van der Waals surface area contributed by atoms with Gasteiger partial charge in [0.1, 0.15) is 29.0 Å². The fraction of sp³-hybridized carbons (Fsp3) is 0.545. The number of hydrogen-bond donors (Lipinski definition) is 0. The molecule has 0 amide bonds. The zero-order valence-corrected chi connectivity index (χ0v) is 32.5. The van der Waals surface area contributed by atoms with Crippen molar-refractivity contribution in [2.75, 3.05) is 12.8 Å². The lowest BCUT2D eigenvalue weighted by Crippen LogP contribution is -3.00. The Balaban J connectivity index is 0.00000417. The minimum atomic E-state index is -1.80. The first kappa shape index (κ1) is 36.5. The average molecular weight is 744 g/mol. The highest BCUT2D eigenvalue weighted by Crippen LogP contribution is 2.73. The molecule has 0 saturated heterocycles. The van der Waals surface area contributed by atoms with Crippen LogP contribution in [0.3, 0.4) is 0 Å². The summed E-state index contributed by atoms with van der Waals surface area (Å²) in [6, 6.07) is 33.4. The molecule has 7 rings (SSSR count). The number of esters is 1. The molecule has 0 aliphatic heterocycles. The summed E-state index contributed by atoms with van der Waals surface area (Å²) in [6.45, 7) is 7.46. The van der Waals surface area contributed by atoms with Crippen LogP contribution < -0.4 is 32.9 Å². The van der Waals surface area contributed by atoms with E-state index in [2.05, 4.69) is 112 Å². The van der Waals surface area contributed by atoms with Crippen LogP contribution in [0.2, 0.25) is 0 Å². The highest BCUT2D eigenvalue weighted by atomic mass is 79.9. The van der Waals surface area contributed by atoms with E-state index in [1.54, 1.807) is 0 Å². The van der Waals surface area contributed by atoms with Gasteiger partial charge < -0.3 is 21.7 Å². The van der Waals surface area contributed by atoms with Crippen molar-refractivity contribution >= 4 is 34.9 Å². The molecule has 0 N–H and O–H groups in total. The summed E-state index contributed by atoms with van der Waals surface area (Å²) in [5, 5.41) is 4.33. The minimum Gasteiger partial charge on any atom is -1.00 e. The molecule has 4 aliphatic carbocycles. The van der Waals surface area contributed by atoms with E-state index in [9.17, 15) is 9.59 Å². The fourth-order valence-corrected chi connectivity index (χ4v) is 16.2. The van der Waals surface area contributed by atoms with E-state index in [1.165, 1.54) is 22.3 Å². The molecular formula is C44H56BrO3P. The minimum absolute atomic E-state index is 0. The van der Waals surface area contributed by atoms with Crippen LogP contribution in [0.4, 0.5) is 0 Å². The third kappa shape index (κ3) is 6.30. The number of fused-ring (bicyclic) bond motifs is 3. The van der Waals surface area contributed by atoms with E-state index < -0.39 is 12.7 Å². The monoisotopic (exact) mass is 742 g/mol. The van der Waals surface area contributed by atoms with Crippen LogP contribution in [0.25, 0.3) is 0 Å². The molecule has 5 heteroatoms. The van der Waals surface area contributed by atoms with E-state index in [1.807, 2.05) is 0 Å². The Labute approximate surface area is 306 Å². The number of ether oxygens (including phenoxy) is 1. The molecule has 49 heavy (non-hydrogen) atoms. The van der Waals surface area contributed by atoms with Crippen LogP contribution in [-0.2, 0) is 14.3 Å². The van der Waals surface area contributed by atoms with Gasteiger partial charge in [0.25, 0.3) is 0 Å². The molecule has 3 aromatic rings. The van der Waals surface area contributed by atoms with Crippen LogP contribution in [0.1, 0.15) is 104 Å². The number of carbonyl (C=O) groups excluding carboxylic acids is 2. The van der Waals surface area contributed by atoms with Crippen LogP contribution in [-0.4, -0.2) is 24.5 Å². The molecule has 262 valence electrons. The van der Waals surface area contributed by atoms with E-state index in [4.69, 9.17) is 4.74 Å². The Morgan fingerprint density at radius 3 is 1.86 bits per heavy atom. The third-order valence-corrected chi connectivity index (χ3v) is 18.6. The number of hydrogen-bond acceptors (Lipinski definition) is 3. The highest BCUT2D eigenvalue weighted by Gasteiger charge is 2.68. The molecule has 0 unspecified atom stereocenters. The van der Waals surface area contributed by atoms with E-state index >= 15 is 0 Å². The maximum Gasteiger partial charge on any atom is 0.312 e. The van der Waals surface area contributed by atoms with Crippen molar-refractivity contribution in [1.82, 2.24) is 0 Å². The Morgan fingerprint density at radius 1 is 0.714 bits per heavy atom. The van der Waals surface area contributed by atoms with Crippen LogP contribution in [0.5, 0.6) is 0 Å². The molecule has 1 spiro atoms. The van der Waals surface area contributed by atoms with Crippen LogP contribution >= 0.6 is 7.26 Å². The van der Waals surface area contributed by atoms with Gasteiger partial charge in [-0.25, -0.2) is 0 Å². The van der Waals surface area contributed by atoms with Gasteiger partial charge in [0.05, 0.1) is 18.2 Å². The summed E-state index contributed by atoms with van der Waals surface area (Å²) < 4.78 is 6.18. The Bertz CT molecular complexity index is 1500. The molecule has 3 aromatic carbocycles. The SMILES string of the molecule is C[C@@]12CC[C@@H]3[C@@](CC[C@H]4[C@@]3(C)CCC[C@@]4(C)C(=O)OCCCCCC[P+](c3ccccc3)(c3ccccc3)c3ccccc3)(CC1=O)C2.[Br-]. The predicted octanol–water partition coefficient (Wildman–Crippen LogP) is 6.46. The highest BCUT2D eigenvalue weighted by molar-refractivity contribution is 7.95. The average Bonchev–Trinajstić information content (AvgIpc) is 3.29. The smallest absolute Gasteiger partial charge is 0.312 e. The number of rotatable bonds is 11. The van der Waals surface area contributed by atoms with Gasteiger partial charge in [-0.2, -0.15) is 0 Å². The summed E-state index contributed by atoms with van der Waals surface area (Å²) in [6.07, 6.45) is 14.8. The summed E-state index contributed by atoms with van der Waals surface area (Å²) in [7, 11) is -1.80. The van der Waals surface area contributed by atoms with Gasteiger partial charge in [-0.05, 0) is 137 Å². The molecule has 4 aliphatic rings. The molecule has 3 nitrogen and oxygen atoms in total. The zero-order valence-electron chi connectivity index (χ0n) is 30.0. The second-order valence-corrected chi connectivity index (χ2v) is 20.4. The largest absolute Gasteiger partial charge is 1.00 e. The Kier molecular flexibility index (Phi) is 10.7. The molecular weight excluding hydrogens is 687 g/mol. The van der Waals surface area contributed by atoms with Gasteiger partial charge >= 0.3 is 5.97 Å². The number of benzene rings is 3. The topological polar surface area (TPSA) is 43.4 Å². The first-order valence-corrected chi connectivity index (χ1v) is 20.9. The molecule has 0 aromatic heterocycles. The van der Waals surface area contributed by atoms with Gasteiger partial charge in [-0.15, -0.1) is 0 Å². The Hall–Kier alpha value is -2.29. The van der Waals surface area contributed by atoms with Crippen LogP contribution in [0, 0.1) is 33.5 Å². The molecule has 4 fully saturated rings. The van der Waals surface area contributed by atoms with E-state index in [0.717, 1.165) is 83.2 Å². The van der Waals surface area contributed by atoms with Gasteiger partial charge in [0.15, 0.2) is 0 Å². The van der Waals surface area contributed by atoms with Crippen LogP contribution in [0.15, 0.2) is 91.0 Å². The second kappa shape index (κ2) is 14.4. The second-order valence-electron chi connectivity index (χ2n) is 16.7. The molecule has 0 radical (unpaired) electrons. The van der Waals surface area contributed by atoms with Crippen molar-refractivity contribution in [1.29, 1.82) is 0 Å². The van der Waals surface area contributed by atoms with Crippen molar-refractivity contribution in [3.63, 3.8) is 0 Å². The van der Waals surface area contributed by atoms with E-state index in [0.29, 0.717) is 24.2 Å². The van der Waals surface area contributed by atoms with Crippen molar-refractivity contribution in [3.05, 3.63) is 91.0 Å². The summed E-state index contributed by atoms with van der Waals surface area (Å²) in [4.78, 5) is 27.1. The lowest BCUT2D eigenvalue weighted by atomic mass is 9.40. The number of ketones is 1. The van der Waals surface area contributed by atoms with Gasteiger partial charge in [0.2, 0.25) is 0 Å². The zero-order chi connectivity index (χ0) is 33.5. The Morgan fingerprint density at radius 2 is 1.27 bits per heavy atom. The number of halogens is 1. The molecule has 4 saturated carbocycles. The third-order valence-electron chi connectivity index (χ3n) is 14.0. The number of carbonyl (C=O) groups is 2. The van der Waals surface area contributed by atoms with Gasteiger partial charge in [-0.3, -0.25) is 9.59 Å².